The van der Waals surface area contributed by atoms with E-state index in [0.717, 1.165) is 37.9 Å². The smallest absolute Gasteiger partial charge is 0.228 e. The molecule has 6 heteroatoms. The average molecular weight is 345 g/mol. The maximum absolute atomic E-state index is 13.3. The van der Waals surface area contributed by atoms with E-state index < -0.39 is 11.6 Å². The first-order chi connectivity index (χ1) is 10.5. The van der Waals surface area contributed by atoms with Gasteiger partial charge >= 0.3 is 0 Å². The summed E-state index contributed by atoms with van der Waals surface area (Å²) in [4.78, 5) is 12.8. The zero-order valence-corrected chi connectivity index (χ0v) is 14.0. The maximum atomic E-state index is 13.3. The van der Waals surface area contributed by atoms with E-state index in [2.05, 4.69) is 10.6 Å². The van der Waals surface area contributed by atoms with Gasteiger partial charge in [0.15, 0.2) is 11.6 Å². The van der Waals surface area contributed by atoms with Gasteiger partial charge in [-0.25, -0.2) is 8.78 Å². The van der Waals surface area contributed by atoms with Gasteiger partial charge in [0, 0.05) is 6.54 Å². The summed E-state index contributed by atoms with van der Waals surface area (Å²) in [6.07, 6.45) is 4.24. The fourth-order valence-corrected chi connectivity index (χ4v) is 3.90. The first kappa shape index (κ1) is 18.1. The Labute approximate surface area is 141 Å². The zero-order chi connectivity index (χ0) is 15.7. The van der Waals surface area contributed by atoms with Crippen LogP contribution >= 0.6 is 12.4 Å². The van der Waals surface area contributed by atoms with Crippen LogP contribution in [0.1, 0.15) is 44.2 Å². The lowest BCUT2D eigenvalue weighted by molar-refractivity contribution is -0.134. The molecule has 0 bridgehead atoms. The van der Waals surface area contributed by atoms with Gasteiger partial charge in [-0.2, -0.15) is 0 Å². The second-order valence-corrected chi connectivity index (χ2v) is 6.60. The van der Waals surface area contributed by atoms with Gasteiger partial charge in [0.05, 0.1) is 11.5 Å². The molecule has 1 unspecified atom stereocenters. The van der Waals surface area contributed by atoms with Crippen LogP contribution in [0, 0.1) is 23.0 Å². The second kappa shape index (κ2) is 7.14. The first-order valence-electron chi connectivity index (χ1n) is 7.99. The number of hydrogen-bond acceptors (Lipinski definition) is 2. The molecule has 2 N–H and O–H groups in total. The Morgan fingerprint density at radius 1 is 1.35 bits per heavy atom. The van der Waals surface area contributed by atoms with Crippen LogP contribution < -0.4 is 10.6 Å². The fourth-order valence-electron chi connectivity index (χ4n) is 3.90. The molecule has 3 nitrogen and oxygen atoms in total. The van der Waals surface area contributed by atoms with Crippen LogP contribution in [0.25, 0.3) is 0 Å². The Morgan fingerprint density at radius 3 is 2.87 bits per heavy atom. The minimum Gasteiger partial charge on any atom is -0.349 e. The van der Waals surface area contributed by atoms with Gasteiger partial charge in [-0.3, -0.25) is 4.79 Å². The average Bonchev–Trinajstić information content (AvgIpc) is 2.95. The summed E-state index contributed by atoms with van der Waals surface area (Å²) in [5.41, 5.74) is 0.257. The molecule has 1 heterocycles. The predicted molar refractivity (Wildman–Crippen MR) is 87.4 cm³/mol. The molecule has 23 heavy (non-hydrogen) atoms. The molecule has 3 rings (SSSR count). The van der Waals surface area contributed by atoms with E-state index in [1.165, 1.54) is 12.5 Å². The molecule has 0 radical (unpaired) electrons. The molecule has 1 saturated carbocycles. The maximum Gasteiger partial charge on any atom is 0.228 e. The van der Waals surface area contributed by atoms with Crippen molar-refractivity contribution in [3.8, 4) is 0 Å². The third-order valence-corrected chi connectivity index (χ3v) is 5.28. The summed E-state index contributed by atoms with van der Waals surface area (Å²) in [6.45, 7) is 3.42. The minimum absolute atomic E-state index is 0. The van der Waals surface area contributed by atoms with Crippen molar-refractivity contribution in [2.45, 2.75) is 38.6 Å². The number of nitrogens with one attached hydrogen (secondary N) is 2. The third kappa shape index (κ3) is 3.36. The lowest BCUT2D eigenvalue weighted by Gasteiger charge is -2.38. The van der Waals surface area contributed by atoms with Gasteiger partial charge in [0.25, 0.3) is 0 Å². The highest BCUT2D eigenvalue weighted by atomic mass is 35.5. The van der Waals surface area contributed by atoms with E-state index in [9.17, 15) is 13.6 Å². The summed E-state index contributed by atoms with van der Waals surface area (Å²) in [5.74, 6) is -1.32. The van der Waals surface area contributed by atoms with Gasteiger partial charge in [0.1, 0.15) is 0 Å². The van der Waals surface area contributed by atoms with E-state index in [4.69, 9.17) is 0 Å². The predicted octanol–water partition coefficient (Wildman–Crippen LogP) is 3.34. The van der Waals surface area contributed by atoms with Gasteiger partial charge < -0.3 is 10.6 Å². The monoisotopic (exact) mass is 344 g/mol. The molecule has 1 aromatic carbocycles. The number of benzene rings is 1. The van der Waals surface area contributed by atoms with Crippen LogP contribution in [0.15, 0.2) is 18.2 Å². The highest BCUT2D eigenvalue weighted by Crippen LogP contribution is 2.44. The van der Waals surface area contributed by atoms with Crippen LogP contribution in [-0.4, -0.2) is 19.0 Å². The lowest BCUT2D eigenvalue weighted by atomic mass is 9.67. The molecular weight excluding hydrogens is 322 g/mol. The standard InChI is InChI=1S/C17H22F2N2O.ClH/c1-11(12-5-6-14(18)15(19)8-12)21-16(22)17-7-3-2-4-13(17)9-20-10-17;/h5-6,8,11,13,20H,2-4,7,9-10H2,1H3,(H,21,22);1H/t11?,13-,17+;/m0./s1. The summed E-state index contributed by atoms with van der Waals surface area (Å²) in [7, 11) is 0. The quantitative estimate of drug-likeness (QED) is 0.883. The van der Waals surface area contributed by atoms with Crippen LogP contribution in [0.4, 0.5) is 8.78 Å². The molecule has 2 fully saturated rings. The van der Waals surface area contributed by atoms with Crippen LogP contribution in [0.2, 0.25) is 0 Å². The van der Waals surface area contributed by atoms with E-state index in [1.54, 1.807) is 6.92 Å². The molecule has 1 saturated heterocycles. The van der Waals surface area contributed by atoms with Crippen molar-refractivity contribution in [2.24, 2.45) is 11.3 Å². The molecule has 1 aliphatic carbocycles. The minimum atomic E-state index is -0.880. The molecule has 3 atom stereocenters. The molecule has 1 aromatic rings. The van der Waals surface area contributed by atoms with E-state index in [1.807, 2.05) is 0 Å². The van der Waals surface area contributed by atoms with E-state index in [0.29, 0.717) is 18.0 Å². The van der Waals surface area contributed by atoms with Crippen molar-refractivity contribution in [3.05, 3.63) is 35.4 Å². The second-order valence-electron chi connectivity index (χ2n) is 6.60. The van der Waals surface area contributed by atoms with Crippen LogP contribution in [0.5, 0.6) is 0 Å². The highest BCUT2D eigenvalue weighted by Gasteiger charge is 2.49. The molecule has 0 spiro atoms. The van der Waals surface area contributed by atoms with E-state index >= 15 is 0 Å². The highest BCUT2D eigenvalue weighted by molar-refractivity contribution is 5.85. The number of halogens is 3. The van der Waals surface area contributed by atoms with Gasteiger partial charge in [-0.1, -0.05) is 18.9 Å². The van der Waals surface area contributed by atoms with Crippen molar-refractivity contribution >= 4 is 18.3 Å². The number of carbonyl (C=O) groups is 1. The Balaban J connectivity index is 0.00000192. The molecular formula is C17H23ClF2N2O. The van der Waals surface area contributed by atoms with Crippen LogP contribution in [0.3, 0.4) is 0 Å². The number of amides is 1. The normalized spacial score (nSPS) is 27.7. The van der Waals surface area contributed by atoms with Crippen molar-refractivity contribution in [1.82, 2.24) is 10.6 Å². The number of carbonyl (C=O) groups excluding carboxylic acids is 1. The first-order valence-corrected chi connectivity index (χ1v) is 7.99. The summed E-state index contributed by atoms with van der Waals surface area (Å²) in [6, 6.07) is 3.45. The Hall–Kier alpha value is -1.20. The number of rotatable bonds is 3. The fraction of sp³-hybridized carbons (Fsp3) is 0.588. The Kier molecular flexibility index (Phi) is 5.63. The Bertz CT molecular complexity index is 584. The molecule has 1 amide bonds. The van der Waals surface area contributed by atoms with Crippen molar-refractivity contribution < 1.29 is 13.6 Å². The topological polar surface area (TPSA) is 41.1 Å². The van der Waals surface area contributed by atoms with Gasteiger partial charge in [0.2, 0.25) is 5.91 Å². The van der Waals surface area contributed by atoms with Crippen molar-refractivity contribution in [1.29, 1.82) is 0 Å². The van der Waals surface area contributed by atoms with Gasteiger partial charge in [-0.15, -0.1) is 12.4 Å². The molecule has 0 aromatic heterocycles. The van der Waals surface area contributed by atoms with Crippen molar-refractivity contribution in [2.75, 3.05) is 13.1 Å². The largest absolute Gasteiger partial charge is 0.349 e. The number of hydrogen-bond donors (Lipinski definition) is 2. The molecule has 2 aliphatic rings. The summed E-state index contributed by atoms with van der Waals surface area (Å²) >= 11 is 0. The van der Waals surface area contributed by atoms with Crippen LogP contribution in [-0.2, 0) is 4.79 Å². The SMILES string of the molecule is CC(NC(=O)[C@@]12CCCC[C@H]1CNC2)c1ccc(F)c(F)c1.Cl. The molecule has 1 aliphatic heterocycles. The lowest BCUT2D eigenvalue weighted by Crippen LogP contribution is -2.48. The van der Waals surface area contributed by atoms with Crippen molar-refractivity contribution in [3.63, 3.8) is 0 Å². The van der Waals surface area contributed by atoms with E-state index in [-0.39, 0.29) is 29.8 Å². The molecule has 128 valence electrons. The van der Waals surface area contributed by atoms with Gasteiger partial charge in [-0.05, 0) is 49.9 Å². The third-order valence-electron chi connectivity index (χ3n) is 5.28. The number of fused-ring (bicyclic) bond motifs is 1. The Morgan fingerprint density at radius 2 is 2.13 bits per heavy atom. The summed E-state index contributed by atoms with van der Waals surface area (Å²) in [5, 5.41) is 6.35. The zero-order valence-electron chi connectivity index (χ0n) is 13.2. The summed E-state index contributed by atoms with van der Waals surface area (Å²) < 4.78 is 26.4.